The van der Waals surface area contributed by atoms with Crippen molar-refractivity contribution >= 4 is 5.91 Å². The molecule has 0 atom stereocenters. The van der Waals surface area contributed by atoms with Crippen LogP contribution in [-0.4, -0.2) is 35.3 Å². The van der Waals surface area contributed by atoms with E-state index in [0.717, 1.165) is 25.7 Å². The quantitative estimate of drug-likeness (QED) is 0.843. The van der Waals surface area contributed by atoms with E-state index in [9.17, 15) is 9.90 Å². The minimum Gasteiger partial charge on any atom is -0.494 e. The van der Waals surface area contributed by atoms with Crippen molar-refractivity contribution in [2.24, 2.45) is 0 Å². The molecule has 5 nitrogen and oxygen atoms in total. The van der Waals surface area contributed by atoms with Gasteiger partial charge in [-0.15, -0.1) is 0 Å². The van der Waals surface area contributed by atoms with Crippen molar-refractivity contribution in [2.45, 2.75) is 37.8 Å². The Morgan fingerprint density at radius 3 is 2.83 bits per heavy atom. The van der Waals surface area contributed by atoms with E-state index in [0.29, 0.717) is 11.3 Å². The van der Waals surface area contributed by atoms with Crippen LogP contribution in [0.15, 0.2) is 18.5 Å². The topological polar surface area (TPSA) is 71.5 Å². The van der Waals surface area contributed by atoms with Crippen LogP contribution in [-0.2, 0) is 0 Å². The first-order valence-electron chi connectivity index (χ1n) is 6.17. The fraction of sp³-hybridized carbons (Fsp3) is 0.538. The molecule has 0 spiro atoms. The molecule has 1 aromatic rings. The fourth-order valence-corrected chi connectivity index (χ4v) is 2.21. The molecule has 1 heterocycles. The Bertz CT molecular complexity index is 414. The number of aliphatic hydroxyl groups excluding tert-OH is 1. The van der Waals surface area contributed by atoms with Gasteiger partial charge in [-0.1, -0.05) is 0 Å². The van der Waals surface area contributed by atoms with Crippen LogP contribution < -0.4 is 10.1 Å². The van der Waals surface area contributed by atoms with Crippen molar-refractivity contribution in [1.82, 2.24) is 10.3 Å². The van der Waals surface area contributed by atoms with Crippen molar-refractivity contribution in [3.63, 3.8) is 0 Å². The molecule has 1 fully saturated rings. The molecule has 1 aliphatic rings. The Morgan fingerprint density at radius 1 is 1.44 bits per heavy atom. The molecule has 2 N–H and O–H groups in total. The maximum absolute atomic E-state index is 12.1. The molecular formula is C13H18N2O3. The van der Waals surface area contributed by atoms with Crippen LogP contribution in [0.4, 0.5) is 0 Å². The summed E-state index contributed by atoms with van der Waals surface area (Å²) in [6, 6.07) is 1.78. The van der Waals surface area contributed by atoms with Crippen molar-refractivity contribution in [3.05, 3.63) is 24.0 Å². The molecule has 1 amide bonds. The standard InChI is InChI=1S/C13H18N2O3/c1-18-12-8-14-7-6-11(12)13(17)15-9-2-4-10(16)5-3-9/h6-10,16H,2-5H2,1H3,(H,15,17). The van der Waals surface area contributed by atoms with E-state index in [1.54, 1.807) is 12.3 Å². The lowest BCUT2D eigenvalue weighted by Gasteiger charge is -2.26. The number of carbonyl (C=O) groups is 1. The zero-order valence-electron chi connectivity index (χ0n) is 10.4. The summed E-state index contributed by atoms with van der Waals surface area (Å²) in [6.45, 7) is 0. The maximum atomic E-state index is 12.1. The molecule has 1 aliphatic carbocycles. The molecule has 98 valence electrons. The van der Waals surface area contributed by atoms with E-state index in [-0.39, 0.29) is 18.1 Å². The third-order valence-corrected chi connectivity index (χ3v) is 3.28. The van der Waals surface area contributed by atoms with Gasteiger partial charge in [0, 0.05) is 12.2 Å². The second kappa shape index (κ2) is 5.82. The lowest BCUT2D eigenvalue weighted by atomic mass is 9.93. The number of aromatic nitrogens is 1. The summed E-state index contributed by atoms with van der Waals surface area (Å²) >= 11 is 0. The molecule has 0 aromatic carbocycles. The fourth-order valence-electron chi connectivity index (χ4n) is 2.21. The molecule has 2 rings (SSSR count). The lowest BCUT2D eigenvalue weighted by Crippen LogP contribution is -2.38. The number of nitrogens with zero attached hydrogens (tertiary/aromatic N) is 1. The number of methoxy groups -OCH3 is 1. The van der Waals surface area contributed by atoms with Gasteiger partial charge in [0.15, 0.2) is 0 Å². The highest BCUT2D eigenvalue weighted by Crippen LogP contribution is 2.20. The molecule has 0 aliphatic heterocycles. The SMILES string of the molecule is COc1cnccc1C(=O)NC1CCC(O)CC1. The van der Waals surface area contributed by atoms with Gasteiger partial charge in [0.05, 0.1) is 25.0 Å². The molecule has 1 aromatic heterocycles. The van der Waals surface area contributed by atoms with Crippen LogP contribution in [0.5, 0.6) is 5.75 Å². The van der Waals surface area contributed by atoms with E-state index in [4.69, 9.17) is 4.74 Å². The van der Waals surface area contributed by atoms with Gasteiger partial charge in [0.1, 0.15) is 5.75 Å². The van der Waals surface area contributed by atoms with Crippen molar-refractivity contribution < 1.29 is 14.6 Å². The summed E-state index contributed by atoms with van der Waals surface area (Å²) in [6.07, 6.45) is 6.02. The molecule has 0 unspecified atom stereocenters. The Kier molecular flexibility index (Phi) is 4.15. The zero-order chi connectivity index (χ0) is 13.0. The minimum absolute atomic E-state index is 0.138. The molecule has 1 saturated carbocycles. The largest absolute Gasteiger partial charge is 0.494 e. The van der Waals surface area contributed by atoms with Gasteiger partial charge in [-0.25, -0.2) is 0 Å². The number of aliphatic hydroxyl groups is 1. The van der Waals surface area contributed by atoms with Gasteiger partial charge in [-0.3, -0.25) is 9.78 Å². The predicted octanol–water partition coefficient (Wildman–Crippen LogP) is 1.12. The van der Waals surface area contributed by atoms with Gasteiger partial charge in [-0.05, 0) is 31.7 Å². The van der Waals surface area contributed by atoms with Crippen LogP contribution in [0.2, 0.25) is 0 Å². The highest BCUT2D eigenvalue weighted by Gasteiger charge is 2.22. The third kappa shape index (κ3) is 2.98. The van der Waals surface area contributed by atoms with Gasteiger partial charge < -0.3 is 15.2 Å². The normalized spacial score (nSPS) is 23.4. The van der Waals surface area contributed by atoms with Crippen molar-refractivity contribution in [3.8, 4) is 5.75 Å². The number of rotatable bonds is 3. The average molecular weight is 250 g/mol. The summed E-state index contributed by atoms with van der Waals surface area (Å²) in [7, 11) is 1.52. The number of nitrogens with one attached hydrogen (secondary N) is 1. The van der Waals surface area contributed by atoms with E-state index in [1.165, 1.54) is 13.3 Å². The summed E-state index contributed by atoms with van der Waals surface area (Å²) in [5.41, 5.74) is 0.499. The number of carbonyl (C=O) groups excluding carboxylic acids is 1. The van der Waals surface area contributed by atoms with Crippen LogP contribution in [0.3, 0.4) is 0 Å². The van der Waals surface area contributed by atoms with Gasteiger partial charge in [0.25, 0.3) is 5.91 Å². The number of pyridine rings is 1. The van der Waals surface area contributed by atoms with E-state index >= 15 is 0 Å². The number of hydrogen-bond acceptors (Lipinski definition) is 4. The van der Waals surface area contributed by atoms with Crippen molar-refractivity contribution in [1.29, 1.82) is 0 Å². The number of hydrogen-bond donors (Lipinski definition) is 2. The Balaban J connectivity index is 1.99. The van der Waals surface area contributed by atoms with Crippen LogP contribution in [0.25, 0.3) is 0 Å². The summed E-state index contributed by atoms with van der Waals surface area (Å²) < 4.78 is 5.11. The number of ether oxygens (including phenoxy) is 1. The second-order valence-corrected chi connectivity index (χ2v) is 4.55. The highest BCUT2D eigenvalue weighted by molar-refractivity contribution is 5.96. The van der Waals surface area contributed by atoms with Gasteiger partial charge in [-0.2, -0.15) is 0 Å². The summed E-state index contributed by atoms with van der Waals surface area (Å²) in [4.78, 5) is 16.0. The molecule has 0 saturated heterocycles. The second-order valence-electron chi connectivity index (χ2n) is 4.55. The van der Waals surface area contributed by atoms with Crippen LogP contribution in [0, 0.1) is 0 Å². The van der Waals surface area contributed by atoms with Crippen LogP contribution in [0.1, 0.15) is 36.0 Å². The van der Waals surface area contributed by atoms with E-state index in [2.05, 4.69) is 10.3 Å². The summed E-state index contributed by atoms with van der Waals surface area (Å²) in [5, 5.41) is 12.4. The Hall–Kier alpha value is -1.62. The Morgan fingerprint density at radius 2 is 2.17 bits per heavy atom. The van der Waals surface area contributed by atoms with Gasteiger partial charge in [0.2, 0.25) is 0 Å². The maximum Gasteiger partial charge on any atom is 0.255 e. The minimum atomic E-state index is -0.214. The van der Waals surface area contributed by atoms with Gasteiger partial charge >= 0.3 is 0 Å². The average Bonchev–Trinajstić information content (AvgIpc) is 2.41. The van der Waals surface area contributed by atoms with E-state index < -0.39 is 0 Å². The predicted molar refractivity (Wildman–Crippen MR) is 66.5 cm³/mol. The molecule has 0 radical (unpaired) electrons. The van der Waals surface area contributed by atoms with E-state index in [1.807, 2.05) is 0 Å². The summed E-state index contributed by atoms with van der Waals surface area (Å²) in [5.74, 6) is 0.335. The molecular weight excluding hydrogens is 232 g/mol. The first kappa shape index (κ1) is 12.8. The first-order valence-corrected chi connectivity index (χ1v) is 6.17. The highest BCUT2D eigenvalue weighted by atomic mass is 16.5. The lowest BCUT2D eigenvalue weighted by molar-refractivity contribution is 0.0865. The number of amides is 1. The third-order valence-electron chi connectivity index (χ3n) is 3.28. The zero-order valence-corrected chi connectivity index (χ0v) is 10.4. The molecule has 18 heavy (non-hydrogen) atoms. The van der Waals surface area contributed by atoms with Crippen LogP contribution >= 0.6 is 0 Å². The molecule has 0 bridgehead atoms. The monoisotopic (exact) mass is 250 g/mol. The Labute approximate surface area is 106 Å². The van der Waals surface area contributed by atoms with Crippen molar-refractivity contribution in [2.75, 3.05) is 7.11 Å². The first-order chi connectivity index (χ1) is 8.70. The molecule has 5 heteroatoms. The smallest absolute Gasteiger partial charge is 0.255 e.